The maximum absolute atomic E-state index is 11.1. The molecule has 5 heteroatoms. The van der Waals surface area contributed by atoms with E-state index in [9.17, 15) is 4.79 Å². The van der Waals surface area contributed by atoms with E-state index in [1.165, 1.54) is 21.8 Å². The third-order valence-corrected chi connectivity index (χ3v) is 5.57. The molecule has 2 aliphatic rings. The summed E-state index contributed by atoms with van der Waals surface area (Å²) in [4.78, 5) is 17.2. The number of carboxylic acid groups (broad SMARTS) is 1. The van der Waals surface area contributed by atoms with Crippen molar-refractivity contribution in [1.29, 1.82) is 0 Å². The van der Waals surface area contributed by atoms with E-state index in [0.29, 0.717) is 22.1 Å². The van der Waals surface area contributed by atoms with Crippen molar-refractivity contribution in [1.82, 2.24) is 5.48 Å². The van der Waals surface area contributed by atoms with Gasteiger partial charge in [0.15, 0.2) is 0 Å². The number of nitrogens with one attached hydrogen (secondary N) is 1. The van der Waals surface area contributed by atoms with Crippen LogP contribution in [0.4, 0.5) is 0 Å². The molecule has 0 radical (unpaired) electrons. The van der Waals surface area contributed by atoms with Gasteiger partial charge in [-0.05, 0) is 41.7 Å². The molecule has 2 atom stereocenters. The van der Waals surface area contributed by atoms with Crippen LogP contribution in [0.15, 0.2) is 0 Å². The summed E-state index contributed by atoms with van der Waals surface area (Å²) in [5.74, 6) is 0.591. The van der Waals surface area contributed by atoms with Crippen LogP contribution in [0.3, 0.4) is 0 Å². The van der Waals surface area contributed by atoms with Gasteiger partial charge in [-0.15, -0.1) is 11.3 Å². The molecule has 19 heavy (non-hydrogen) atoms. The van der Waals surface area contributed by atoms with Crippen molar-refractivity contribution < 1.29 is 14.7 Å². The lowest BCUT2D eigenvalue weighted by Crippen LogP contribution is -2.03. The number of rotatable bonds is 2. The van der Waals surface area contributed by atoms with Crippen LogP contribution in [0.25, 0.3) is 0 Å². The Bertz CT molecular complexity index is 505. The van der Waals surface area contributed by atoms with Crippen LogP contribution in [-0.4, -0.2) is 25.2 Å². The van der Waals surface area contributed by atoms with Crippen LogP contribution in [-0.2, 0) is 11.3 Å². The molecule has 0 aromatic carbocycles. The van der Waals surface area contributed by atoms with E-state index in [4.69, 9.17) is 5.11 Å². The van der Waals surface area contributed by atoms with Gasteiger partial charge in [0, 0.05) is 11.9 Å². The van der Waals surface area contributed by atoms with Gasteiger partial charge >= 0.3 is 5.97 Å². The first-order chi connectivity index (χ1) is 8.86. The number of hydrogen-bond acceptors (Lipinski definition) is 4. The molecule has 0 saturated heterocycles. The highest BCUT2D eigenvalue weighted by Crippen LogP contribution is 2.71. The van der Waals surface area contributed by atoms with E-state index in [-0.39, 0.29) is 0 Å². The average molecular weight is 283 g/mol. The van der Waals surface area contributed by atoms with Gasteiger partial charge in [0.05, 0.1) is 7.11 Å². The zero-order valence-electron chi connectivity index (χ0n) is 12.0. The van der Waals surface area contributed by atoms with Gasteiger partial charge in [-0.2, -0.15) is 0 Å². The second kappa shape index (κ2) is 4.89. The molecule has 1 fully saturated rings. The van der Waals surface area contributed by atoms with Gasteiger partial charge in [0.25, 0.3) is 0 Å². The first-order valence-corrected chi connectivity index (χ1v) is 7.23. The van der Waals surface area contributed by atoms with E-state index in [0.717, 1.165) is 12.0 Å². The molecule has 2 N–H and O–H groups in total. The zero-order chi connectivity index (χ0) is 14.4. The fourth-order valence-electron chi connectivity index (χ4n) is 3.30. The average Bonchev–Trinajstić information content (AvgIpc) is 2.74. The Hall–Kier alpha value is -0.910. The first-order valence-electron chi connectivity index (χ1n) is 6.41. The predicted molar refractivity (Wildman–Crippen MR) is 75.8 cm³/mol. The molecule has 0 bridgehead atoms. The molecule has 2 aliphatic carbocycles. The Labute approximate surface area is 117 Å². The van der Waals surface area contributed by atoms with Crippen LogP contribution >= 0.6 is 11.3 Å². The standard InChI is InChI=1S/C12H14O2S.C2H7NO/c1-5-8-6(10(15-5)11(13)14)4-7-9(8)12(7,2)3;1-3-4-2/h7,9H,4H2,1-3H3,(H,13,14);3H,1-2H3/t7-,9-;/m1./s1. The lowest BCUT2D eigenvalue weighted by molar-refractivity contribution is 0.0701. The van der Waals surface area contributed by atoms with Crippen LogP contribution in [0.1, 0.15) is 45.4 Å². The van der Waals surface area contributed by atoms with Crippen molar-refractivity contribution in [2.24, 2.45) is 11.3 Å². The molecule has 1 heterocycles. The zero-order valence-corrected chi connectivity index (χ0v) is 12.9. The highest BCUT2D eigenvalue weighted by atomic mass is 32.1. The normalized spacial score (nSPS) is 25.1. The van der Waals surface area contributed by atoms with Crippen LogP contribution in [0.2, 0.25) is 0 Å². The number of fused-ring (bicyclic) bond motifs is 3. The van der Waals surface area contributed by atoms with E-state index in [1.807, 2.05) is 0 Å². The molecule has 0 unspecified atom stereocenters. The summed E-state index contributed by atoms with van der Waals surface area (Å²) in [7, 11) is 3.28. The molecule has 3 rings (SSSR count). The number of hydrogen-bond donors (Lipinski definition) is 2. The fraction of sp³-hybridized carbons (Fsp3) is 0.643. The minimum atomic E-state index is -0.747. The largest absolute Gasteiger partial charge is 0.477 e. The summed E-state index contributed by atoms with van der Waals surface area (Å²) in [6.07, 6.45) is 0.985. The van der Waals surface area contributed by atoms with Crippen LogP contribution in [0.5, 0.6) is 0 Å². The van der Waals surface area contributed by atoms with Crippen molar-refractivity contribution >= 4 is 17.3 Å². The molecular weight excluding hydrogens is 262 g/mol. The van der Waals surface area contributed by atoms with Crippen molar-refractivity contribution in [3.63, 3.8) is 0 Å². The van der Waals surface area contributed by atoms with Gasteiger partial charge in [-0.3, -0.25) is 0 Å². The van der Waals surface area contributed by atoms with Gasteiger partial charge in [-0.25, -0.2) is 10.3 Å². The number of carbonyl (C=O) groups is 1. The Morgan fingerprint density at radius 2 is 2.11 bits per heavy atom. The van der Waals surface area contributed by atoms with Gasteiger partial charge in [0.2, 0.25) is 0 Å². The maximum Gasteiger partial charge on any atom is 0.346 e. The van der Waals surface area contributed by atoms with Crippen molar-refractivity contribution in [3.05, 3.63) is 20.9 Å². The van der Waals surface area contributed by atoms with E-state index >= 15 is 0 Å². The molecule has 1 aromatic heterocycles. The predicted octanol–water partition coefficient (Wildman–Crippen LogP) is 2.82. The van der Waals surface area contributed by atoms with Crippen molar-refractivity contribution in [2.45, 2.75) is 33.1 Å². The number of aromatic carboxylic acids is 1. The van der Waals surface area contributed by atoms with E-state index in [1.54, 1.807) is 14.2 Å². The van der Waals surface area contributed by atoms with Crippen LogP contribution < -0.4 is 5.48 Å². The third-order valence-electron chi connectivity index (χ3n) is 4.42. The summed E-state index contributed by atoms with van der Waals surface area (Å²) >= 11 is 1.46. The first kappa shape index (κ1) is 14.5. The Morgan fingerprint density at radius 1 is 1.53 bits per heavy atom. The minimum Gasteiger partial charge on any atom is -0.477 e. The second-order valence-corrected chi connectivity index (χ2v) is 6.93. The minimum absolute atomic E-state index is 0.411. The fourth-order valence-corrected chi connectivity index (χ4v) is 4.37. The molecule has 106 valence electrons. The highest BCUT2D eigenvalue weighted by Gasteiger charge is 2.63. The van der Waals surface area contributed by atoms with Gasteiger partial charge < -0.3 is 9.94 Å². The Kier molecular flexibility index (Phi) is 3.73. The summed E-state index contributed by atoms with van der Waals surface area (Å²) in [6, 6.07) is 0. The van der Waals surface area contributed by atoms with Crippen molar-refractivity contribution in [3.8, 4) is 0 Å². The molecule has 1 aromatic rings. The monoisotopic (exact) mass is 283 g/mol. The number of carboxylic acids is 1. The second-order valence-electron chi connectivity index (χ2n) is 5.70. The van der Waals surface area contributed by atoms with Gasteiger partial charge in [0.1, 0.15) is 4.88 Å². The Morgan fingerprint density at radius 3 is 2.58 bits per heavy atom. The molecule has 4 nitrogen and oxygen atoms in total. The lowest BCUT2D eigenvalue weighted by atomic mass is 9.95. The molecule has 0 amide bonds. The Balaban J connectivity index is 0.000000297. The topological polar surface area (TPSA) is 58.6 Å². The van der Waals surface area contributed by atoms with E-state index < -0.39 is 5.97 Å². The molecule has 1 saturated carbocycles. The van der Waals surface area contributed by atoms with Crippen LogP contribution in [0, 0.1) is 18.3 Å². The summed E-state index contributed by atoms with van der Waals surface area (Å²) < 4.78 is 0. The third kappa shape index (κ3) is 2.20. The molecular formula is C14H21NO3S. The number of aryl methyl sites for hydroxylation is 1. The maximum atomic E-state index is 11.1. The van der Waals surface area contributed by atoms with Crippen molar-refractivity contribution in [2.75, 3.05) is 14.2 Å². The summed E-state index contributed by atoms with van der Waals surface area (Å²) in [6.45, 7) is 6.65. The number of thiophene rings is 1. The quantitative estimate of drug-likeness (QED) is 0.819. The van der Waals surface area contributed by atoms with Gasteiger partial charge in [-0.1, -0.05) is 13.8 Å². The van der Waals surface area contributed by atoms with E-state index in [2.05, 4.69) is 31.1 Å². The molecule has 0 aliphatic heterocycles. The summed E-state index contributed by atoms with van der Waals surface area (Å²) in [5.41, 5.74) is 5.35. The number of hydroxylamine groups is 1. The highest BCUT2D eigenvalue weighted by molar-refractivity contribution is 7.14. The smallest absolute Gasteiger partial charge is 0.346 e. The molecule has 0 spiro atoms. The SMILES string of the molecule is CNOC.Cc1sc(C(=O)O)c2c1[C@H]1[C@@H](C2)C1(C)C. The summed E-state index contributed by atoms with van der Waals surface area (Å²) in [5, 5.41) is 9.10. The lowest BCUT2D eigenvalue weighted by Gasteiger charge is -2.08.